The number of aromatic amines is 1. The Balaban J connectivity index is 1.43. The van der Waals surface area contributed by atoms with E-state index in [0.29, 0.717) is 35.7 Å². The monoisotopic (exact) mass is 518 g/mol. The fraction of sp³-hybridized carbons (Fsp3) is 0.476. The quantitative estimate of drug-likeness (QED) is 0.172. The van der Waals surface area contributed by atoms with E-state index < -0.39 is 24.6 Å². The molecule has 192 valence electrons. The summed E-state index contributed by atoms with van der Waals surface area (Å²) in [5.41, 5.74) is 1.08. The number of esters is 1. The Labute approximate surface area is 210 Å². The van der Waals surface area contributed by atoms with Crippen molar-refractivity contribution in [2.75, 3.05) is 45.8 Å². The third-order valence-corrected chi connectivity index (χ3v) is 5.55. The molecule has 1 aliphatic heterocycles. The molecule has 0 aromatic carbocycles. The summed E-state index contributed by atoms with van der Waals surface area (Å²) in [6.07, 6.45) is 2.97. The largest absolute Gasteiger partial charge is 0.475 e. The number of hydrogen-bond acceptors (Lipinski definition) is 12. The van der Waals surface area contributed by atoms with E-state index in [9.17, 15) is 9.59 Å². The maximum Gasteiger partial charge on any atom is 0.347 e. The predicted molar refractivity (Wildman–Crippen MR) is 127 cm³/mol. The average molecular weight is 519 g/mol. The Bertz CT molecular complexity index is 1230. The molecule has 15 heteroatoms. The molecule has 3 aromatic rings. The van der Waals surface area contributed by atoms with Gasteiger partial charge in [-0.05, 0) is 26.2 Å². The fourth-order valence-electron chi connectivity index (χ4n) is 3.40. The van der Waals surface area contributed by atoms with E-state index >= 15 is 0 Å². The first-order valence-electron chi connectivity index (χ1n) is 11.2. The fourth-order valence-corrected chi connectivity index (χ4v) is 3.74. The van der Waals surface area contributed by atoms with Gasteiger partial charge in [-0.1, -0.05) is 16.9 Å². The van der Waals surface area contributed by atoms with Crippen molar-refractivity contribution < 1.29 is 28.6 Å². The van der Waals surface area contributed by atoms with Gasteiger partial charge < -0.3 is 23.9 Å². The maximum atomic E-state index is 13.3. The molecule has 1 saturated heterocycles. The molecular formula is C21H26N8O6S. The highest BCUT2D eigenvalue weighted by Gasteiger charge is 2.30. The van der Waals surface area contributed by atoms with Crippen molar-refractivity contribution in [3.8, 4) is 5.88 Å². The summed E-state index contributed by atoms with van der Waals surface area (Å²) in [4.78, 5) is 40.2. The standard InChI is InChI=1S/C21H26N8O6S/c1-4-32-17(30)12-35-27-18(15-5-6-22-25-15)19(31)28-7-8-33-14(10-28)11-34-16-9-13(2)23-20-24-21(36-3)26-29(16)20/h5-6,9,14H,4,7-8,10-12H2,1-3H3,(H,22,25)/b27-18+. The normalized spacial score (nSPS) is 16.2. The van der Waals surface area contributed by atoms with E-state index in [4.69, 9.17) is 19.0 Å². The Morgan fingerprint density at radius 1 is 1.36 bits per heavy atom. The maximum absolute atomic E-state index is 13.3. The molecule has 1 fully saturated rings. The minimum Gasteiger partial charge on any atom is -0.475 e. The molecule has 1 aliphatic rings. The number of hydrogen-bond donors (Lipinski definition) is 1. The molecule has 1 unspecified atom stereocenters. The molecular weight excluding hydrogens is 492 g/mol. The highest BCUT2D eigenvalue weighted by atomic mass is 32.2. The Hall–Kier alpha value is -3.72. The molecule has 4 heterocycles. The number of aromatic nitrogens is 6. The molecule has 0 aliphatic carbocycles. The van der Waals surface area contributed by atoms with Gasteiger partial charge in [-0.3, -0.25) is 9.89 Å². The molecule has 0 saturated carbocycles. The minimum absolute atomic E-state index is 0.0166. The van der Waals surface area contributed by atoms with Gasteiger partial charge in [0.2, 0.25) is 17.6 Å². The number of H-pyrrole nitrogens is 1. The zero-order valence-electron chi connectivity index (χ0n) is 20.0. The zero-order chi connectivity index (χ0) is 25.5. The van der Waals surface area contributed by atoms with Crippen molar-refractivity contribution >= 4 is 35.1 Å². The number of ether oxygens (including phenoxy) is 3. The van der Waals surface area contributed by atoms with Crippen molar-refractivity contribution in [2.24, 2.45) is 5.16 Å². The Morgan fingerprint density at radius 2 is 2.22 bits per heavy atom. The van der Waals surface area contributed by atoms with E-state index in [1.807, 2.05) is 13.2 Å². The van der Waals surface area contributed by atoms with Gasteiger partial charge in [0.25, 0.3) is 11.7 Å². The SMILES string of the molecule is CCOC(=O)CO/N=C(/C(=O)N1CCOC(COc2cc(C)nc3nc(SC)nn23)C1)c1ccn[nH]1. The van der Waals surface area contributed by atoms with Gasteiger partial charge in [0.1, 0.15) is 12.7 Å². The van der Waals surface area contributed by atoms with Gasteiger partial charge in [-0.2, -0.15) is 14.6 Å². The van der Waals surface area contributed by atoms with Crippen molar-refractivity contribution in [1.82, 2.24) is 34.7 Å². The van der Waals surface area contributed by atoms with E-state index in [-0.39, 0.29) is 25.5 Å². The number of nitrogens with zero attached hydrogens (tertiary/aromatic N) is 7. The molecule has 4 rings (SSSR count). The highest BCUT2D eigenvalue weighted by Crippen LogP contribution is 2.18. The minimum atomic E-state index is -0.585. The molecule has 3 aromatic heterocycles. The van der Waals surface area contributed by atoms with E-state index in [1.165, 1.54) is 22.5 Å². The second-order valence-electron chi connectivity index (χ2n) is 7.59. The molecule has 0 radical (unpaired) electrons. The first-order valence-corrected chi connectivity index (χ1v) is 12.4. The summed E-state index contributed by atoms with van der Waals surface area (Å²) in [7, 11) is 0. The van der Waals surface area contributed by atoms with Gasteiger partial charge in [0, 0.05) is 24.5 Å². The summed E-state index contributed by atoms with van der Waals surface area (Å²) < 4.78 is 18.2. The molecule has 0 spiro atoms. The lowest BCUT2D eigenvalue weighted by molar-refractivity contribution is -0.148. The Morgan fingerprint density at radius 3 is 2.97 bits per heavy atom. The van der Waals surface area contributed by atoms with E-state index in [0.717, 1.165) is 5.69 Å². The van der Waals surface area contributed by atoms with Crippen LogP contribution in [0.15, 0.2) is 28.6 Å². The summed E-state index contributed by atoms with van der Waals surface area (Å²) in [5.74, 6) is -0.0680. The van der Waals surface area contributed by atoms with Crippen molar-refractivity contribution in [3.63, 3.8) is 0 Å². The van der Waals surface area contributed by atoms with Crippen molar-refractivity contribution in [3.05, 3.63) is 29.7 Å². The molecule has 1 N–H and O–H groups in total. The lowest BCUT2D eigenvalue weighted by atomic mass is 10.2. The molecule has 1 amide bonds. The van der Waals surface area contributed by atoms with Crippen LogP contribution in [0.1, 0.15) is 18.3 Å². The van der Waals surface area contributed by atoms with Crippen LogP contribution in [-0.4, -0.2) is 104 Å². The first-order chi connectivity index (χ1) is 17.5. The van der Waals surface area contributed by atoms with Crippen LogP contribution in [0.4, 0.5) is 0 Å². The van der Waals surface area contributed by atoms with Crippen LogP contribution in [-0.2, 0) is 23.9 Å². The number of amides is 1. The average Bonchev–Trinajstić information content (AvgIpc) is 3.55. The summed E-state index contributed by atoms with van der Waals surface area (Å²) >= 11 is 1.41. The number of carbonyl (C=O) groups is 2. The third-order valence-electron chi connectivity index (χ3n) is 5.02. The lowest BCUT2D eigenvalue weighted by Gasteiger charge is -2.32. The molecule has 1 atom stereocenters. The highest BCUT2D eigenvalue weighted by molar-refractivity contribution is 7.98. The predicted octanol–water partition coefficient (Wildman–Crippen LogP) is 0.468. The van der Waals surface area contributed by atoms with E-state index in [1.54, 1.807) is 24.0 Å². The Kier molecular flexibility index (Phi) is 8.32. The van der Waals surface area contributed by atoms with Crippen LogP contribution in [0.5, 0.6) is 5.88 Å². The van der Waals surface area contributed by atoms with Crippen LogP contribution >= 0.6 is 11.8 Å². The van der Waals surface area contributed by atoms with Crippen LogP contribution < -0.4 is 4.74 Å². The van der Waals surface area contributed by atoms with Gasteiger partial charge >= 0.3 is 5.97 Å². The number of nitrogens with one attached hydrogen (secondary N) is 1. The van der Waals surface area contributed by atoms with Crippen LogP contribution in [0, 0.1) is 6.92 Å². The number of thioether (sulfide) groups is 1. The van der Waals surface area contributed by atoms with Gasteiger partial charge in [-0.15, -0.1) is 5.10 Å². The number of rotatable bonds is 10. The second-order valence-corrected chi connectivity index (χ2v) is 8.36. The van der Waals surface area contributed by atoms with Gasteiger partial charge in [0.05, 0.1) is 25.5 Å². The van der Waals surface area contributed by atoms with E-state index in [2.05, 4.69) is 30.4 Å². The van der Waals surface area contributed by atoms with Crippen LogP contribution in [0.25, 0.3) is 5.78 Å². The van der Waals surface area contributed by atoms with Gasteiger partial charge in [-0.25, -0.2) is 9.78 Å². The number of oxime groups is 1. The molecule has 36 heavy (non-hydrogen) atoms. The smallest absolute Gasteiger partial charge is 0.347 e. The lowest BCUT2D eigenvalue weighted by Crippen LogP contribution is -2.50. The summed E-state index contributed by atoms with van der Waals surface area (Å²) in [6.45, 7) is 4.42. The number of morpholine rings is 1. The van der Waals surface area contributed by atoms with Crippen molar-refractivity contribution in [1.29, 1.82) is 0 Å². The first kappa shape index (κ1) is 25.4. The number of aryl methyl sites for hydroxylation is 1. The number of fused-ring (bicyclic) bond motifs is 1. The van der Waals surface area contributed by atoms with Gasteiger partial charge in [0.15, 0.2) is 5.71 Å². The third kappa shape index (κ3) is 6.09. The molecule has 0 bridgehead atoms. The molecule has 14 nitrogen and oxygen atoms in total. The van der Waals surface area contributed by atoms with Crippen LogP contribution in [0.2, 0.25) is 0 Å². The zero-order valence-corrected chi connectivity index (χ0v) is 20.9. The summed E-state index contributed by atoms with van der Waals surface area (Å²) in [5, 5.41) is 15.4. The van der Waals surface area contributed by atoms with Crippen LogP contribution in [0.3, 0.4) is 0 Å². The van der Waals surface area contributed by atoms with Crippen molar-refractivity contribution in [2.45, 2.75) is 25.1 Å². The number of carbonyl (C=O) groups excluding carboxylic acids is 2. The topological polar surface area (TPSA) is 158 Å². The second kappa shape index (κ2) is 11.8. The summed E-state index contributed by atoms with van der Waals surface area (Å²) in [6, 6.07) is 3.35.